The molecule has 1 aliphatic carbocycles. The molecule has 0 bridgehead atoms. The summed E-state index contributed by atoms with van der Waals surface area (Å²) in [5.74, 6) is 0.744. The van der Waals surface area contributed by atoms with Crippen LogP contribution in [0.15, 0.2) is 83.9 Å². The van der Waals surface area contributed by atoms with Crippen molar-refractivity contribution in [1.82, 2.24) is 15.0 Å². The molecule has 6 nitrogen and oxygen atoms in total. The van der Waals surface area contributed by atoms with E-state index < -0.39 is 10.0 Å². The van der Waals surface area contributed by atoms with Crippen molar-refractivity contribution >= 4 is 44.9 Å². The number of aromatic nitrogens is 1. The lowest BCUT2D eigenvalue weighted by Crippen LogP contribution is -2.49. The molecule has 4 aromatic rings. The molecule has 0 amide bonds. The maximum absolute atomic E-state index is 13.0. The SMILES string of the molecule is Cl.O=S(=O)(NCCOc1ccc2c(c1)C(C1(c3ccc(Cl)cc3)CCC1)NCC2)c1cccc2cccnc12. The van der Waals surface area contributed by atoms with Crippen LogP contribution in [-0.4, -0.2) is 33.1 Å². The highest BCUT2D eigenvalue weighted by molar-refractivity contribution is 7.89. The van der Waals surface area contributed by atoms with E-state index >= 15 is 0 Å². The van der Waals surface area contributed by atoms with Gasteiger partial charge in [0.05, 0.1) is 5.52 Å². The van der Waals surface area contributed by atoms with Crippen molar-refractivity contribution < 1.29 is 13.2 Å². The summed E-state index contributed by atoms with van der Waals surface area (Å²) >= 11 is 6.18. The molecule has 1 aromatic heterocycles. The summed E-state index contributed by atoms with van der Waals surface area (Å²) in [7, 11) is -3.73. The molecule has 0 spiro atoms. The number of nitrogens with zero attached hydrogens (tertiary/aromatic N) is 1. The van der Waals surface area contributed by atoms with Gasteiger partial charge in [-0.3, -0.25) is 4.98 Å². The minimum atomic E-state index is -3.73. The van der Waals surface area contributed by atoms with Crippen molar-refractivity contribution in [3.63, 3.8) is 0 Å². The monoisotopic (exact) mass is 583 g/mol. The van der Waals surface area contributed by atoms with Crippen LogP contribution in [-0.2, 0) is 21.9 Å². The molecule has 1 fully saturated rings. The van der Waals surface area contributed by atoms with Gasteiger partial charge in [0.15, 0.2) is 0 Å². The Bertz CT molecular complexity index is 1570. The molecule has 39 heavy (non-hydrogen) atoms. The van der Waals surface area contributed by atoms with Crippen molar-refractivity contribution in [2.24, 2.45) is 0 Å². The van der Waals surface area contributed by atoms with Crippen LogP contribution in [0.1, 0.15) is 42.0 Å². The van der Waals surface area contributed by atoms with E-state index in [9.17, 15) is 8.42 Å². The molecule has 9 heteroatoms. The molecule has 1 saturated carbocycles. The highest BCUT2D eigenvalue weighted by atomic mass is 35.5. The summed E-state index contributed by atoms with van der Waals surface area (Å²) in [6.45, 7) is 1.31. The predicted molar refractivity (Wildman–Crippen MR) is 158 cm³/mol. The number of rotatable bonds is 8. The number of pyridine rings is 1. The Hall–Kier alpha value is -2.68. The number of hydrogen-bond donors (Lipinski definition) is 2. The van der Waals surface area contributed by atoms with Gasteiger partial charge in [-0.15, -0.1) is 12.4 Å². The summed E-state index contributed by atoms with van der Waals surface area (Å²) in [4.78, 5) is 4.44. The minimum absolute atomic E-state index is 0. The molecular formula is C30H31Cl2N3O3S. The standard InChI is InChI=1S/C30H30ClN3O3S.ClH/c31-24-10-8-23(9-11-24)30(14-3-15-30)29-26-20-25(12-7-21(26)13-17-33-29)37-19-18-34-38(35,36)27-6-1-4-22-5-2-16-32-28(22)27;/h1-2,4-12,16,20,29,33-34H,3,13-15,17-19H2;1H. The van der Waals surface area contributed by atoms with E-state index in [0.29, 0.717) is 5.52 Å². The van der Waals surface area contributed by atoms with Crippen molar-refractivity contribution in [3.8, 4) is 5.75 Å². The maximum atomic E-state index is 13.0. The number of hydrogen-bond acceptors (Lipinski definition) is 5. The van der Waals surface area contributed by atoms with E-state index in [0.717, 1.165) is 42.0 Å². The maximum Gasteiger partial charge on any atom is 0.242 e. The Balaban J connectivity index is 0.00000308. The van der Waals surface area contributed by atoms with Gasteiger partial charge in [0.25, 0.3) is 0 Å². The van der Waals surface area contributed by atoms with Crippen LogP contribution in [0.5, 0.6) is 5.75 Å². The van der Waals surface area contributed by atoms with Crippen LogP contribution in [0.4, 0.5) is 0 Å². The van der Waals surface area contributed by atoms with Crippen molar-refractivity contribution in [2.75, 3.05) is 19.7 Å². The second-order valence-electron chi connectivity index (χ2n) is 10.1. The Morgan fingerprint density at radius 1 is 1.05 bits per heavy atom. The molecule has 0 saturated heterocycles. The molecule has 6 rings (SSSR count). The third kappa shape index (κ3) is 5.39. The molecule has 1 unspecified atom stereocenters. The zero-order valence-corrected chi connectivity index (χ0v) is 23.8. The normalized spacial score (nSPS) is 18.0. The van der Waals surface area contributed by atoms with Crippen LogP contribution < -0.4 is 14.8 Å². The Morgan fingerprint density at radius 3 is 2.62 bits per heavy atom. The quantitative estimate of drug-likeness (QED) is 0.249. The topological polar surface area (TPSA) is 80.3 Å². The first-order valence-corrected chi connectivity index (χ1v) is 14.9. The van der Waals surface area contributed by atoms with Gasteiger partial charge in [-0.25, -0.2) is 13.1 Å². The molecule has 2 aliphatic rings. The fourth-order valence-corrected chi connectivity index (χ4v) is 7.23. The van der Waals surface area contributed by atoms with E-state index in [1.54, 1.807) is 24.4 Å². The Labute approximate surface area is 240 Å². The largest absolute Gasteiger partial charge is 0.492 e. The summed E-state index contributed by atoms with van der Waals surface area (Å²) in [5.41, 5.74) is 4.43. The molecule has 1 atom stereocenters. The lowest BCUT2D eigenvalue weighted by molar-refractivity contribution is 0.164. The summed E-state index contributed by atoms with van der Waals surface area (Å²) < 4.78 is 34.6. The fourth-order valence-electron chi connectivity index (χ4n) is 5.91. The molecule has 3 aromatic carbocycles. The number of halogens is 2. The molecule has 204 valence electrons. The van der Waals surface area contributed by atoms with E-state index in [1.807, 2.05) is 30.3 Å². The average molecular weight is 585 g/mol. The number of fused-ring (bicyclic) bond motifs is 2. The second-order valence-corrected chi connectivity index (χ2v) is 12.3. The van der Waals surface area contributed by atoms with Crippen molar-refractivity contribution in [3.05, 3.63) is 101 Å². The zero-order valence-electron chi connectivity index (χ0n) is 21.4. The number of para-hydroxylation sites is 1. The van der Waals surface area contributed by atoms with E-state index in [-0.39, 0.29) is 41.9 Å². The minimum Gasteiger partial charge on any atom is -0.492 e. The van der Waals surface area contributed by atoms with Crippen LogP contribution in [0.2, 0.25) is 5.02 Å². The van der Waals surface area contributed by atoms with E-state index in [1.165, 1.54) is 23.1 Å². The zero-order chi connectivity index (χ0) is 26.2. The van der Waals surface area contributed by atoms with Gasteiger partial charge in [0, 0.05) is 34.6 Å². The highest BCUT2D eigenvalue weighted by Crippen LogP contribution is 2.53. The number of nitrogens with one attached hydrogen (secondary N) is 2. The molecular weight excluding hydrogens is 553 g/mol. The first kappa shape index (κ1) is 27.9. The van der Waals surface area contributed by atoms with Gasteiger partial charge in [-0.2, -0.15) is 0 Å². The number of benzene rings is 3. The van der Waals surface area contributed by atoms with Crippen molar-refractivity contribution in [1.29, 1.82) is 0 Å². The number of ether oxygens (including phenoxy) is 1. The van der Waals surface area contributed by atoms with Crippen LogP contribution >= 0.6 is 24.0 Å². The first-order valence-electron chi connectivity index (χ1n) is 13.0. The lowest BCUT2D eigenvalue weighted by Gasteiger charge is -2.50. The predicted octanol–water partition coefficient (Wildman–Crippen LogP) is 5.98. The van der Waals surface area contributed by atoms with Gasteiger partial charge in [-0.1, -0.05) is 54.4 Å². The summed E-state index contributed by atoms with van der Waals surface area (Å²) in [6, 6.07) is 23.5. The van der Waals surface area contributed by atoms with Gasteiger partial charge >= 0.3 is 0 Å². The fraction of sp³-hybridized carbons (Fsp3) is 0.300. The Kier molecular flexibility index (Phi) is 8.17. The molecule has 2 N–H and O–H groups in total. The van der Waals surface area contributed by atoms with Crippen LogP contribution in [0.3, 0.4) is 0 Å². The van der Waals surface area contributed by atoms with Gasteiger partial charge in [0.2, 0.25) is 10.0 Å². The van der Waals surface area contributed by atoms with Crippen molar-refractivity contribution in [2.45, 2.75) is 42.0 Å². The van der Waals surface area contributed by atoms with Crippen LogP contribution in [0, 0.1) is 0 Å². The van der Waals surface area contributed by atoms with Gasteiger partial charge in [0.1, 0.15) is 17.3 Å². The first-order chi connectivity index (χ1) is 18.5. The second kappa shape index (κ2) is 11.4. The van der Waals surface area contributed by atoms with Gasteiger partial charge < -0.3 is 10.1 Å². The lowest BCUT2D eigenvalue weighted by atomic mass is 9.58. The third-order valence-electron chi connectivity index (χ3n) is 7.94. The summed E-state index contributed by atoms with van der Waals surface area (Å²) in [5, 5.41) is 5.33. The van der Waals surface area contributed by atoms with Gasteiger partial charge in [-0.05, 0) is 78.9 Å². The Morgan fingerprint density at radius 2 is 1.85 bits per heavy atom. The third-order valence-corrected chi connectivity index (χ3v) is 9.68. The smallest absolute Gasteiger partial charge is 0.242 e. The highest BCUT2D eigenvalue weighted by Gasteiger charge is 2.47. The average Bonchev–Trinajstić information content (AvgIpc) is 2.91. The van der Waals surface area contributed by atoms with E-state index in [2.05, 4.69) is 39.3 Å². The van der Waals surface area contributed by atoms with E-state index in [4.69, 9.17) is 16.3 Å². The molecule has 1 aliphatic heterocycles. The number of sulfonamides is 1. The van der Waals surface area contributed by atoms with Crippen LogP contribution in [0.25, 0.3) is 10.9 Å². The molecule has 2 heterocycles. The molecule has 0 radical (unpaired) electrons. The summed E-state index contributed by atoms with van der Waals surface area (Å²) in [6.07, 6.45) is 6.03.